The molecule has 4 rings (SSSR count). The highest BCUT2D eigenvalue weighted by atomic mass is 32.1. The molecule has 0 radical (unpaired) electrons. The second-order valence-electron chi connectivity index (χ2n) is 11.8. The summed E-state index contributed by atoms with van der Waals surface area (Å²) in [5.41, 5.74) is 7.55. The molecule has 0 fully saturated rings. The lowest BCUT2D eigenvalue weighted by molar-refractivity contribution is -0.121. The van der Waals surface area contributed by atoms with Crippen LogP contribution < -0.4 is 32.4 Å². The number of rotatable bonds is 16. The van der Waals surface area contributed by atoms with Gasteiger partial charge in [0.15, 0.2) is 10.5 Å². The average Bonchev–Trinajstić information content (AvgIpc) is 3.04. The molecular formula is C35H43N5O6S. The Morgan fingerprint density at radius 3 is 2.47 bits per heavy atom. The smallest absolute Gasteiger partial charge is 0.336 e. The minimum absolute atomic E-state index is 0.00772. The van der Waals surface area contributed by atoms with E-state index in [4.69, 9.17) is 22.4 Å². The fraction of sp³-hybridized carbons (Fsp3) is 0.371. The van der Waals surface area contributed by atoms with Crippen LogP contribution in [0.5, 0.6) is 5.75 Å². The van der Waals surface area contributed by atoms with Crippen LogP contribution in [0.3, 0.4) is 0 Å². The second kappa shape index (κ2) is 16.3. The highest BCUT2D eigenvalue weighted by molar-refractivity contribution is 7.80. The summed E-state index contributed by atoms with van der Waals surface area (Å²) in [5, 5.41) is 33.8. The maximum absolute atomic E-state index is 12.5. The van der Waals surface area contributed by atoms with Crippen LogP contribution in [0.1, 0.15) is 62.7 Å². The number of thiocarbonyl (C=S) groups is 1. The summed E-state index contributed by atoms with van der Waals surface area (Å²) in [4.78, 5) is 36.9. The number of nitrogens with two attached hydrogens (primary N) is 1. The van der Waals surface area contributed by atoms with Crippen molar-refractivity contribution >= 4 is 45.9 Å². The molecule has 0 saturated carbocycles. The first-order valence-corrected chi connectivity index (χ1v) is 16.3. The summed E-state index contributed by atoms with van der Waals surface area (Å²) in [6, 6.07) is 13.8. The lowest BCUT2D eigenvalue weighted by Gasteiger charge is -2.30. The minimum atomic E-state index is -1.15. The van der Waals surface area contributed by atoms with Gasteiger partial charge < -0.3 is 41.6 Å². The van der Waals surface area contributed by atoms with E-state index in [1.807, 2.05) is 0 Å². The molecular weight excluding hydrogens is 618 g/mol. The zero-order valence-electron chi connectivity index (χ0n) is 26.8. The van der Waals surface area contributed by atoms with E-state index in [0.29, 0.717) is 70.9 Å². The fourth-order valence-electron chi connectivity index (χ4n) is 5.39. The van der Waals surface area contributed by atoms with E-state index in [-0.39, 0.29) is 33.9 Å². The maximum Gasteiger partial charge on any atom is 0.336 e. The van der Waals surface area contributed by atoms with Crippen LogP contribution in [-0.2, 0) is 4.79 Å². The van der Waals surface area contributed by atoms with E-state index < -0.39 is 5.97 Å². The van der Waals surface area contributed by atoms with Gasteiger partial charge in [0, 0.05) is 59.4 Å². The Morgan fingerprint density at radius 2 is 1.72 bits per heavy atom. The first-order valence-electron chi connectivity index (χ1n) is 15.9. The number of unbranched alkanes of at least 4 members (excludes halogenated alkanes) is 1. The van der Waals surface area contributed by atoms with Gasteiger partial charge in [-0.25, -0.2) is 4.79 Å². The molecule has 0 bridgehead atoms. The lowest BCUT2D eigenvalue weighted by atomic mass is 9.90. The second-order valence-corrected chi connectivity index (χ2v) is 12.2. The predicted molar refractivity (Wildman–Crippen MR) is 189 cm³/mol. The zero-order chi connectivity index (χ0) is 34.0. The molecule has 8 N–H and O–H groups in total. The van der Waals surface area contributed by atoms with Crippen LogP contribution in [0.4, 0.5) is 5.69 Å². The molecule has 2 aliphatic rings. The number of aromatic carboxylic acids is 1. The summed E-state index contributed by atoms with van der Waals surface area (Å²) in [5.74, 6) is -0.894. The summed E-state index contributed by atoms with van der Waals surface area (Å²) in [6.07, 6.45) is 4.77. The van der Waals surface area contributed by atoms with Gasteiger partial charge in [-0.3, -0.25) is 9.59 Å². The number of carboxylic acid groups (broad SMARTS) is 1. The van der Waals surface area contributed by atoms with Gasteiger partial charge in [-0.05, 0) is 106 Å². The van der Waals surface area contributed by atoms with Crippen molar-refractivity contribution in [2.24, 2.45) is 5.73 Å². The number of nitrogens with one attached hydrogen (secondary N) is 4. The number of benzene rings is 3. The van der Waals surface area contributed by atoms with Crippen molar-refractivity contribution in [3.8, 4) is 28.2 Å². The van der Waals surface area contributed by atoms with Crippen molar-refractivity contribution < 1.29 is 24.2 Å². The first kappa shape index (κ1) is 35.3. The van der Waals surface area contributed by atoms with Crippen LogP contribution in [0.2, 0.25) is 0 Å². The number of amides is 1. The van der Waals surface area contributed by atoms with Crippen molar-refractivity contribution in [1.82, 2.24) is 16.0 Å². The fourth-order valence-corrected chi connectivity index (χ4v) is 5.61. The molecule has 0 spiro atoms. The molecule has 1 atom stereocenters. The summed E-state index contributed by atoms with van der Waals surface area (Å²) in [6.45, 7) is 6.84. The Morgan fingerprint density at radius 1 is 0.957 bits per heavy atom. The predicted octanol–water partition coefficient (Wildman–Crippen LogP) is 5.04. The van der Waals surface area contributed by atoms with Crippen LogP contribution in [0.15, 0.2) is 63.8 Å². The normalized spacial score (nSPS) is 12.5. The van der Waals surface area contributed by atoms with Crippen LogP contribution in [0, 0.1) is 0 Å². The van der Waals surface area contributed by atoms with E-state index in [9.17, 15) is 24.6 Å². The quantitative estimate of drug-likeness (QED) is 0.0486. The van der Waals surface area contributed by atoms with Gasteiger partial charge >= 0.3 is 5.97 Å². The molecule has 2 aromatic carbocycles. The summed E-state index contributed by atoms with van der Waals surface area (Å²) < 4.78 is 5.89. The number of anilines is 1. The number of carbonyl (C=O) groups is 2. The molecule has 250 valence electrons. The Labute approximate surface area is 279 Å². The van der Waals surface area contributed by atoms with E-state index in [1.54, 1.807) is 24.3 Å². The monoisotopic (exact) mass is 661 g/mol. The van der Waals surface area contributed by atoms with Crippen LogP contribution >= 0.6 is 12.2 Å². The third kappa shape index (κ3) is 9.50. The highest BCUT2D eigenvalue weighted by Gasteiger charge is 2.23. The molecule has 0 saturated heterocycles. The number of phenols is 1. The van der Waals surface area contributed by atoms with Gasteiger partial charge in [0.05, 0.1) is 5.56 Å². The van der Waals surface area contributed by atoms with Gasteiger partial charge in [0.25, 0.3) is 0 Å². The van der Waals surface area contributed by atoms with Gasteiger partial charge in [0.2, 0.25) is 5.91 Å². The van der Waals surface area contributed by atoms with E-state index >= 15 is 0 Å². The molecule has 2 aromatic rings. The molecule has 47 heavy (non-hydrogen) atoms. The molecule has 0 aromatic heterocycles. The molecule has 1 amide bonds. The molecule has 1 unspecified atom stereocenters. The third-order valence-corrected chi connectivity index (χ3v) is 8.53. The SMILES string of the molecule is CCC(C)(CCC(=O)NCCCNC(=S)Nc1ccc(-c2c3ccc(=O)cc-3oc3cc(O)ccc23)c(C(=O)O)c1)NCCCCN. The number of aromatic hydroxyl groups is 1. The molecule has 1 aliphatic heterocycles. The third-order valence-electron chi connectivity index (χ3n) is 8.28. The van der Waals surface area contributed by atoms with E-state index in [1.165, 1.54) is 30.3 Å². The average molecular weight is 662 g/mol. The van der Waals surface area contributed by atoms with Crippen molar-refractivity contribution in [3.05, 3.63) is 70.4 Å². The molecule has 11 nitrogen and oxygen atoms in total. The maximum atomic E-state index is 12.5. The van der Waals surface area contributed by atoms with Gasteiger partial charge in [-0.1, -0.05) is 13.0 Å². The Hall–Kier alpha value is -4.52. The minimum Gasteiger partial charge on any atom is -0.508 e. The van der Waals surface area contributed by atoms with Crippen molar-refractivity contribution in [2.45, 2.75) is 57.9 Å². The number of carboxylic acids is 1. The standard InChI is InChI=1S/C35H43N5O6S/c1-3-35(2,39-18-5-4-15-36)14-13-31(43)37-16-6-17-38-34(47)40-22-7-10-25(28(19-22)33(44)45)32-26-11-8-23(41)20-29(26)46-30-21-24(42)9-12-27(30)32/h7-12,19-21,39,41H,3-6,13-18,36H2,1-2H3,(H,37,43)(H,44,45)(H2,38,40,47). The Kier molecular flexibility index (Phi) is 12.3. The Bertz CT molecular complexity index is 1760. The van der Waals surface area contributed by atoms with Gasteiger partial charge in [0.1, 0.15) is 17.1 Å². The number of hydrogen-bond donors (Lipinski definition) is 7. The van der Waals surface area contributed by atoms with Gasteiger partial charge in [-0.15, -0.1) is 0 Å². The molecule has 1 aliphatic carbocycles. The number of phenolic OH excluding ortho intramolecular Hbond substituents is 1. The number of hydrogen-bond acceptors (Lipinski definition) is 8. The zero-order valence-corrected chi connectivity index (χ0v) is 27.6. The summed E-state index contributed by atoms with van der Waals surface area (Å²) in [7, 11) is 0. The van der Waals surface area contributed by atoms with Crippen LogP contribution in [-0.4, -0.2) is 58.9 Å². The Balaban J connectivity index is 1.35. The van der Waals surface area contributed by atoms with Crippen molar-refractivity contribution in [1.29, 1.82) is 0 Å². The molecule has 1 heterocycles. The van der Waals surface area contributed by atoms with Crippen molar-refractivity contribution in [2.75, 3.05) is 31.5 Å². The van der Waals surface area contributed by atoms with E-state index in [2.05, 4.69) is 35.1 Å². The van der Waals surface area contributed by atoms with Crippen LogP contribution in [0.25, 0.3) is 33.4 Å². The highest BCUT2D eigenvalue weighted by Crippen LogP contribution is 2.42. The molecule has 12 heteroatoms. The number of carbonyl (C=O) groups excluding carboxylic acids is 1. The van der Waals surface area contributed by atoms with Crippen molar-refractivity contribution in [3.63, 3.8) is 0 Å². The van der Waals surface area contributed by atoms with E-state index in [0.717, 1.165) is 32.2 Å². The largest absolute Gasteiger partial charge is 0.508 e. The van der Waals surface area contributed by atoms with Gasteiger partial charge in [-0.2, -0.15) is 0 Å². The first-order chi connectivity index (χ1) is 22.5. The summed E-state index contributed by atoms with van der Waals surface area (Å²) >= 11 is 5.43. The number of fused-ring (bicyclic) bond motifs is 2. The topological polar surface area (TPSA) is 179 Å². The lowest BCUT2D eigenvalue weighted by Crippen LogP contribution is -2.43.